The van der Waals surface area contributed by atoms with Gasteiger partial charge in [-0.05, 0) is 74.2 Å². The van der Waals surface area contributed by atoms with Crippen LogP contribution >= 0.6 is 11.3 Å². The van der Waals surface area contributed by atoms with Crippen LogP contribution in [-0.2, 0) is 24.2 Å². The Labute approximate surface area is 289 Å². The van der Waals surface area contributed by atoms with Crippen LogP contribution < -0.4 is 9.47 Å². The molecule has 3 aromatic carbocycles. The van der Waals surface area contributed by atoms with E-state index in [0.717, 1.165) is 67.8 Å². The number of pyridine rings is 1. The average molecular weight is 674 g/mol. The van der Waals surface area contributed by atoms with Crippen LogP contribution in [0.15, 0.2) is 85.1 Å². The summed E-state index contributed by atoms with van der Waals surface area (Å²) in [5, 5.41) is 12.0. The van der Waals surface area contributed by atoms with Crippen molar-refractivity contribution in [1.29, 1.82) is 0 Å². The molecule has 0 bridgehead atoms. The number of carbonyl (C=O) groups excluding carboxylic acids is 1. The number of hydrogen-bond donors (Lipinski definition) is 1. The maximum Gasteiger partial charge on any atom is 0.309 e. The summed E-state index contributed by atoms with van der Waals surface area (Å²) in [6.45, 7) is 4.39. The van der Waals surface area contributed by atoms with E-state index in [4.69, 9.17) is 14.5 Å². The molecule has 3 heterocycles. The minimum Gasteiger partial charge on any atom is -0.493 e. The van der Waals surface area contributed by atoms with Gasteiger partial charge in [0.2, 0.25) is 5.88 Å². The Morgan fingerprint density at radius 2 is 1.78 bits per heavy atom. The van der Waals surface area contributed by atoms with Crippen LogP contribution in [-0.4, -0.2) is 45.1 Å². The molecule has 8 nitrogen and oxygen atoms in total. The summed E-state index contributed by atoms with van der Waals surface area (Å²) in [6, 6.07) is 26.1. The topological polar surface area (TPSA) is 104 Å². The number of benzene rings is 3. The molecule has 0 amide bonds. The first-order chi connectivity index (χ1) is 23.7. The predicted molar refractivity (Wildman–Crippen MR) is 193 cm³/mol. The lowest BCUT2D eigenvalue weighted by Crippen LogP contribution is -2.29. The van der Waals surface area contributed by atoms with E-state index in [9.17, 15) is 14.7 Å². The van der Waals surface area contributed by atoms with E-state index in [1.54, 1.807) is 38.5 Å². The molecule has 1 N–H and O–H groups in total. The van der Waals surface area contributed by atoms with Gasteiger partial charge in [-0.25, -0.2) is 9.97 Å². The van der Waals surface area contributed by atoms with Crippen LogP contribution in [0.3, 0.4) is 0 Å². The molecule has 7 rings (SSSR count). The van der Waals surface area contributed by atoms with E-state index in [-0.39, 0.29) is 18.1 Å². The summed E-state index contributed by atoms with van der Waals surface area (Å²) >= 11 is 1.67. The number of para-hydroxylation sites is 1. The first-order valence-electron chi connectivity index (χ1n) is 16.7. The maximum absolute atomic E-state index is 14.2. The minimum absolute atomic E-state index is 0.0493. The van der Waals surface area contributed by atoms with Crippen LogP contribution in [0.4, 0.5) is 0 Å². The Kier molecular flexibility index (Phi) is 8.94. The van der Waals surface area contributed by atoms with E-state index in [2.05, 4.69) is 39.9 Å². The second kappa shape index (κ2) is 13.5. The van der Waals surface area contributed by atoms with E-state index in [1.165, 1.54) is 0 Å². The Morgan fingerprint density at radius 3 is 2.45 bits per heavy atom. The van der Waals surface area contributed by atoms with Crippen molar-refractivity contribution in [2.45, 2.75) is 52.5 Å². The molecule has 9 heteroatoms. The Balaban J connectivity index is 1.24. The molecule has 3 aromatic heterocycles. The fourth-order valence-corrected chi connectivity index (χ4v) is 7.37. The van der Waals surface area contributed by atoms with Crippen molar-refractivity contribution in [3.05, 3.63) is 107 Å². The molecule has 0 unspecified atom stereocenters. The van der Waals surface area contributed by atoms with Gasteiger partial charge in [0.05, 0.1) is 34.4 Å². The fourth-order valence-electron chi connectivity index (χ4n) is 6.42. The summed E-state index contributed by atoms with van der Waals surface area (Å²) < 4.78 is 14.8. The number of aliphatic carboxylic acids is 1. The number of Topliss-reactive ketones (excluding diaryl/α,β-unsaturated/α-hetero) is 1. The lowest BCUT2D eigenvalue weighted by molar-refractivity contribution is -0.146. The van der Waals surface area contributed by atoms with Crippen LogP contribution in [0.1, 0.15) is 59.7 Å². The third-order valence-electron chi connectivity index (χ3n) is 9.55. The number of carboxylic acids is 1. The predicted octanol–water partition coefficient (Wildman–Crippen LogP) is 8.63. The summed E-state index contributed by atoms with van der Waals surface area (Å²) in [5.74, 6) is 0.384. The van der Waals surface area contributed by atoms with Crippen molar-refractivity contribution < 1.29 is 24.2 Å². The number of ether oxygens (including phenoxy) is 2. The van der Waals surface area contributed by atoms with Gasteiger partial charge >= 0.3 is 5.97 Å². The second-order valence-electron chi connectivity index (χ2n) is 13.4. The summed E-state index contributed by atoms with van der Waals surface area (Å²) in [6.07, 6.45) is 5.42. The van der Waals surface area contributed by atoms with Crippen molar-refractivity contribution in [3.63, 3.8) is 0 Å². The smallest absolute Gasteiger partial charge is 0.309 e. The van der Waals surface area contributed by atoms with Crippen LogP contribution in [0.2, 0.25) is 0 Å². The van der Waals surface area contributed by atoms with Gasteiger partial charge in [-0.1, -0.05) is 42.8 Å². The van der Waals surface area contributed by atoms with Gasteiger partial charge in [-0.2, -0.15) is 0 Å². The van der Waals surface area contributed by atoms with Crippen molar-refractivity contribution in [2.24, 2.45) is 11.3 Å². The maximum atomic E-state index is 14.2. The number of aromatic nitrogens is 3. The van der Waals surface area contributed by atoms with Gasteiger partial charge in [0, 0.05) is 65.3 Å². The number of thiazole rings is 1. The number of hydrogen-bond acceptors (Lipinski definition) is 7. The van der Waals surface area contributed by atoms with Gasteiger partial charge in [0.1, 0.15) is 5.75 Å². The number of ketones is 1. The van der Waals surface area contributed by atoms with E-state index in [1.807, 2.05) is 48.5 Å². The minimum atomic E-state index is -1.08. The quantitative estimate of drug-likeness (QED) is 0.122. The number of fused-ring (bicyclic) bond motifs is 2. The fraction of sp³-hybridized carbons (Fsp3) is 0.300. The standard InChI is InChI=1S/C40H39N3O5S/c1-40(2,39(45)46)22-33-37(38(44)27-7-6-8-27)30-21-29(48-20-19-36-42-31-9-4-5-10-34(31)49-36)16-17-32(30)43(33)24-25-11-13-26(14-12-25)28-15-18-35(47-3)41-23-28/h4-5,9-18,21,23,27H,6-8,19-20,22,24H2,1-3H3,(H,45,46). The summed E-state index contributed by atoms with van der Waals surface area (Å²) in [4.78, 5) is 35.7. The summed E-state index contributed by atoms with van der Waals surface area (Å²) in [7, 11) is 1.60. The highest BCUT2D eigenvalue weighted by molar-refractivity contribution is 7.18. The Bertz CT molecular complexity index is 2110. The molecule has 0 atom stereocenters. The van der Waals surface area contributed by atoms with Crippen molar-refractivity contribution >= 4 is 44.2 Å². The zero-order valence-corrected chi connectivity index (χ0v) is 28.8. The lowest BCUT2D eigenvalue weighted by Gasteiger charge is -2.26. The molecular weight excluding hydrogens is 635 g/mol. The number of nitrogens with zero attached hydrogens (tertiary/aromatic N) is 3. The first kappa shape index (κ1) is 32.5. The lowest BCUT2D eigenvalue weighted by atomic mass is 9.78. The zero-order chi connectivity index (χ0) is 34.1. The van der Waals surface area contributed by atoms with Crippen LogP contribution in [0.25, 0.3) is 32.2 Å². The van der Waals surface area contributed by atoms with Gasteiger partial charge in [-0.15, -0.1) is 11.3 Å². The first-order valence-corrected chi connectivity index (χ1v) is 17.5. The largest absolute Gasteiger partial charge is 0.493 e. The molecule has 6 aromatic rings. The highest BCUT2D eigenvalue weighted by Gasteiger charge is 2.36. The molecule has 1 aliphatic carbocycles. The van der Waals surface area contributed by atoms with Gasteiger partial charge in [-0.3, -0.25) is 9.59 Å². The molecule has 1 fully saturated rings. The molecular formula is C40H39N3O5S. The normalized spacial score (nSPS) is 13.4. The SMILES string of the molecule is COc1ccc(-c2ccc(Cn3c(CC(C)(C)C(=O)O)c(C(=O)C4CCC4)c4cc(OCCc5nc6ccccc6s5)ccc43)cc2)cn1. The van der Waals surface area contributed by atoms with E-state index in [0.29, 0.717) is 36.8 Å². The molecule has 250 valence electrons. The third-order valence-corrected chi connectivity index (χ3v) is 10.6. The summed E-state index contributed by atoms with van der Waals surface area (Å²) in [5.41, 5.74) is 5.23. The number of methoxy groups -OCH3 is 1. The second-order valence-corrected chi connectivity index (χ2v) is 14.5. The molecule has 0 radical (unpaired) electrons. The number of carboxylic acid groups (broad SMARTS) is 1. The van der Waals surface area contributed by atoms with Gasteiger partial charge in [0.15, 0.2) is 5.78 Å². The monoisotopic (exact) mass is 673 g/mol. The highest BCUT2D eigenvalue weighted by atomic mass is 32.1. The number of rotatable bonds is 13. The van der Waals surface area contributed by atoms with Gasteiger partial charge in [0.25, 0.3) is 0 Å². The zero-order valence-electron chi connectivity index (χ0n) is 27.9. The number of carbonyl (C=O) groups is 2. The Hall–Kier alpha value is -5.02. The molecule has 0 spiro atoms. The van der Waals surface area contributed by atoms with Crippen molar-refractivity contribution in [1.82, 2.24) is 14.5 Å². The molecule has 1 aliphatic rings. The van der Waals surface area contributed by atoms with Crippen molar-refractivity contribution in [2.75, 3.05) is 13.7 Å². The van der Waals surface area contributed by atoms with Crippen LogP contribution in [0, 0.1) is 11.3 Å². The molecule has 0 aliphatic heterocycles. The van der Waals surface area contributed by atoms with E-state index < -0.39 is 11.4 Å². The average Bonchev–Trinajstić information content (AvgIpc) is 3.62. The molecule has 0 saturated heterocycles. The Morgan fingerprint density at radius 1 is 1.00 bits per heavy atom. The van der Waals surface area contributed by atoms with Crippen molar-refractivity contribution in [3.8, 4) is 22.8 Å². The molecule has 49 heavy (non-hydrogen) atoms. The highest BCUT2D eigenvalue weighted by Crippen LogP contribution is 2.39. The van der Waals surface area contributed by atoms with Crippen LogP contribution in [0.5, 0.6) is 11.6 Å². The third kappa shape index (κ3) is 6.68. The van der Waals surface area contributed by atoms with E-state index >= 15 is 0 Å². The van der Waals surface area contributed by atoms with Gasteiger partial charge < -0.3 is 19.1 Å². The molecule has 1 saturated carbocycles.